The lowest BCUT2D eigenvalue weighted by Crippen LogP contribution is -2.59. The van der Waals surface area contributed by atoms with Crippen molar-refractivity contribution in [3.63, 3.8) is 0 Å². The molecule has 2 aromatic rings. The molecule has 1 N–H and O–H groups in total. The van der Waals surface area contributed by atoms with Gasteiger partial charge in [0.1, 0.15) is 0 Å². The van der Waals surface area contributed by atoms with Gasteiger partial charge in [0.2, 0.25) is 5.91 Å². The van der Waals surface area contributed by atoms with E-state index in [1.54, 1.807) is 0 Å². The number of hydrogen-bond donors (Lipinski definition) is 1. The van der Waals surface area contributed by atoms with E-state index in [1.165, 1.54) is 11.1 Å². The molecule has 2 aromatic carbocycles. The molecule has 2 fully saturated rings. The van der Waals surface area contributed by atoms with Crippen molar-refractivity contribution in [1.82, 2.24) is 4.90 Å². The van der Waals surface area contributed by atoms with Gasteiger partial charge in [-0.2, -0.15) is 0 Å². The number of rotatable bonds is 2. The Hall–Kier alpha value is -2.13. The number of benzene rings is 2. The summed E-state index contributed by atoms with van der Waals surface area (Å²) in [6, 6.07) is 18.7. The molecule has 3 heteroatoms. The zero-order valence-corrected chi connectivity index (χ0v) is 16.4. The summed E-state index contributed by atoms with van der Waals surface area (Å²) in [6.45, 7) is 0.657. The van der Waals surface area contributed by atoms with Crippen LogP contribution in [0.4, 0.5) is 0 Å². The van der Waals surface area contributed by atoms with Gasteiger partial charge in [-0.15, -0.1) is 0 Å². The minimum atomic E-state index is -0.809. The Morgan fingerprint density at radius 1 is 0.964 bits per heavy atom. The second-order valence-corrected chi connectivity index (χ2v) is 8.82. The molecule has 2 aliphatic carbocycles. The van der Waals surface area contributed by atoms with Gasteiger partial charge in [-0.1, -0.05) is 67.4 Å². The Bertz CT molecular complexity index is 864. The average Bonchev–Trinajstić information content (AvgIpc) is 3.19. The van der Waals surface area contributed by atoms with Crippen LogP contribution in [0.2, 0.25) is 0 Å². The molecule has 0 spiro atoms. The first kappa shape index (κ1) is 17.9. The molecule has 1 unspecified atom stereocenters. The lowest BCUT2D eigenvalue weighted by atomic mass is 9.66. The lowest BCUT2D eigenvalue weighted by molar-refractivity contribution is -0.156. The van der Waals surface area contributed by atoms with E-state index in [0.717, 1.165) is 44.1 Å². The van der Waals surface area contributed by atoms with Crippen LogP contribution in [0, 0.1) is 5.92 Å². The number of amides is 1. The van der Waals surface area contributed by atoms with E-state index in [-0.39, 0.29) is 23.8 Å². The molecular formula is C25H29NO2. The molecule has 146 valence electrons. The van der Waals surface area contributed by atoms with E-state index in [0.29, 0.717) is 13.0 Å². The minimum absolute atomic E-state index is 0.00157. The smallest absolute Gasteiger partial charge is 0.230 e. The first-order valence-electron chi connectivity index (χ1n) is 10.8. The molecule has 1 saturated carbocycles. The number of carbonyl (C=O) groups is 1. The summed E-state index contributed by atoms with van der Waals surface area (Å²) in [5.74, 6) is 0.427. The molecule has 5 rings (SSSR count). The van der Waals surface area contributed by atoms with Crippen LogP contribution in [0.3, 0.4) is 0 Å². The van der Waals surface area contributed by atoms with Gasteiger partial charge in [-0.3, -0.25) is 4.79 Å². The minimum Gasteiger partial charge on any atom is -0.385 e. The van der Waals surface area contributed by atoms with Crippen LogP contribution >= 0.6 is 0 Å². The van der Waals surface area contributed by atoms with E-state index in [2.05, 4.69) is 41.3 Å². The van der Waals surface area contributed by atoms with Crippen LogP contribution in [0.25, 0.3) is 0 Å². The number of hydrogen-bond acceptors (Lipinski definition) is 2. The quantitative estimate of drug-likeness (QED) is 0.845. The highest BCUT2D eigenvalue weighted by atomic mass is 16.3. The Labute approximate surface area is 167 Å². The summed E-state index contributed by atoms with van der Waals surface area (Å²) in [6.07, 6.45) is 6.87. The molecular weight excluding hydrogens is 346 g/mol. The lowest BCUT2D eigenvalue weighted by Gasteiger charge is -2.53. The van der Waals surface area contributed by atoms with Crippen molar-refractivity contribution in [3.8, 4) is 0 Å². The zero-order valence-electron chi connectivity index (χ0n) is 16.4. The number of fused-ring (bicyclic) bond motifs is 2. The second kappa shape index (κ2) is 7.04. The maximum Gasteiger partial charge on any atom is 0.230 e. The van der Waals surface area contributed by atoms with Crippen molar-refractivity contribution in [2.45, 2.75) is 62.5 Å². The van der Waals surface area contributed by atoms with Crippen LogP contribution in [0.1, 0.15) is 61.1 Å². The second-order valence-electron chi connectivity index (χ2n) is 8.82. The largest absolute Gasteiger partial charge is 0.385 e. The van der Waals surface area contributed by atoms with E-state index in [9.17, 15) is 9.90 Å². The maximum absolute atomic E-state index is 13.6. The predicted octanol–water partition coefficient (Wildman–Crippen LogP) is 4.40. The summed E-state index contributed by atoms with van der Waals surface area (Å²) in [5, 5.41) is 11.7. The number of likely N-dealkylation sites (tertiary alicyclic amines) is 1. The number of aliphatic hydroxyl groups is 1. The highest BCUT2D eigenvalue weighted by Gasteiger charge is 2.51. The highest BCUT2D eigenvalue weighted by Crippen LogP contribution is 2.48. The molecule has 3 aliphatic rings. The summed E-state index contributed by atoms with van der Waals surface area (Å²) in [7, 11) is 0. The Kier molecular flexibility index (Phi) is 4.51. The summed E-state index contributed by atoms with van der Waals surface area (Å²) in [4.78, 5) is 15.8. The molecule has 28 heavy (non-hydrogen) atoms. The molecule has 1 heterocycles. The molecule has 1 amide bonds. The van der Waals surface area contributed by atoms with Gasteiger partial charge in [-0.25, -0.2) is 0 Å². The first-order valence-corrected chi connectivity index (χ1v) is 10.8. The number of aryl methyl sites for hydroxylation is 1. The maximum atomic E-state index is 13.6. The SMILES string of the molecule is O=C(C1CCc2ccccc21)N1CC[C@@](O)(c2ccccc2)[C@@H]2CCCC[C@@H]21. The van der Waals surface area contributed by atoms with Crippen LogP contribution < -0.4 is 0 Å². The Balaban J connectivity index is 1.44. The van der Waals surface area contributed by atoms with Gasteiger partial charge in [0.25, 0.3) is 0 Å². The average molecular weight is 376 g/mol. The van der Waals surface area contributed by atoms with Crippen molar-refractivity contribution >= 4 is 5.91 Å². The summed E-state index contributed by atoms with van der Waals surface area (Å²) >= 11 is 0. The Morgan fingerprint density at radius 3 is 2.57 bits per heavy atom. The monoisotopic (exact) mass is 375 g/mol. The fraction of sp³-hybridized carbons (Fsp3) is 0.480. The standard InChI is InChI=1S/C25H29NO2/c27-24(21-15-14-18-8-4-5-11-20(18)21)26-17-16-25(28,19-9-2-1-3-10-19)22-12-6-7-13-23(22)26/h1-5,8-11,21-23,28H,6-7,12-17H2/t21?,22-,23+,25-/m1/s1. The van der Waals surface area contributed by atoms with E-state index in [4.69, 9.17) is 0 Å². The van der Waals surface area contributed by atoms with Crippen molar-refractivity contribution in [2.24, 2.45) is 5.92 Å². The zero-order chi connectivity index (χ0) is 19.1. The topological polar surface area (TPSA) is 40.5 Å². The number of piperidine rings is 1. The van der Waals surface area contributed by atoms with Gasteiger partial charge in [0.05, 0.1) is 11.5 Å². The van der Waals surface area contributed by atoms with Crippen molar-refractivity contribution < 1.29 is 9.90 Å². The fourth-order valence-corrected chi connectivity index (χ4v) is 6.06. The Morgan fingerprint density at radius 2 is 1.71 bits per heavy atom. The molecule has 4 atom stereocenters. The van der Waals surface area contributed by atoms with Crippen LogP contribution in [-0.4, -0.2) is 28.5 Å². The third-order valence-electron chi connectivity index (χ3n) is 7.46. The van der Waals surface area contributed by atoms with Crippen LogP contribution in [-0.2, 0) is 16.8 Å². The fourth-order valence-electron chi connectivity index (χ4n) is 6.06. The molecule has 0 radical (unpaired) electrons. The first-order chi connectivity index (χ1) is 13.7. The van der Waals surface area contributed by atoms with Gasteiger partial charge in [0.15, 0.2) is 0 Å². The van der Waals surface area contributed by atoms with Crippen molar-refractivity contribution in [1.29, 1.82) is 0 Å². The van der Waals surface area contributed by atoms with Crippen LogP contribution in [0.15, 0.2) is 54.6 Å². The van der Waals surface area contributed by atoms with Gasteiger partial charge in [0, 0.05) is 18.5 Å². The van der Waals surface area contributed by atoms with E-state index < -0.39 is 5.60 Å². The van der Waals surface area contributed by atoms with E-state index in [1.807, 2.05) is 18.2 Å². The summed E-state index contributed by atoms with van der Waals surface area (Å²) < 4.78 is 0. The van der Waals surface area contributed by atoms with E-state index >= 15 is 0 Å². The molecule has 0 aromatic heterocycles. The number of nitrogens with zero attached hydrogens (tertiary/aromatic N) is 1. The predicted molar refractivity (Wildman–Crippen MR) is 110 cm³/mol. The van der Waals surface area contributed by atoms with Crippen molar-refractivity contribution in [2.75, 3.05) is 6.54 Å². The molecule has 3 nitrogen and oxygen atoms in total. The van der Waals surface area contributed by atoms with Gasteiger partial charge >= 0.3 is 0 Å². The number of carbonyl (C=O) groups excluding carboxylic acids is 1. The van der Waals surface area contributed by atoms with Crippen molar-refractivity contribution in [3.05, 3.63) is 71.3 Å². The van der Waals surface area contributed by atoms with Crippen LogP contribution in [0.5, 0.6) is 0 Å². The molecule has 1 saturated heterocycles. The summed E-state index contributed by atoms with van der Waals surface area (Å²) in [5.41, 5.74) is 2.77. The van der Waals surface area contributed by atoms with Gasteiger partial charge in [-0.05, 0) is 48.8 Å². The third kappa shape index (κ3) is 2.79. The third-order valence-corrected chi connectivity index (χ3v) is 7.46. The normalized spacial score (nSPS) is 31.9. The molecule has 1 aliphatic heterocycles. The van der Waals surface area contributed by atoms with Gasteiger partial charge < -0.3 is 10.0 Å². The highest BCUT2D eigenvalue weighted by molar-refractivity contribution is 5.85. The molecule has 0 bridgehead atoms.